The molecule has 112 valence electrons. The topological polar surface area (TPSA) is 53.4 Å². The molecule has 0 atom stereocenters. The molecule has 1 aromatic rings. The maximum Gasteiger partial charge on any atom is 0.170 e. The number of carbonyl (C=O) groups excluding carboxylic acids is 1. The first kappa shape index (κ1) is 15.7. The Balaban J connectivity index is 2.20. The number of hydrogen-bond acceptors (Lipinski definition) is 4. The molecule has 0 radical (unpaired) electrons. The molecule has 0 amide bonds. The minimum Gasteiger partial charge on any atom is -0.381 e. The zero-order chi connectivity index (χ0) is 14.8. The maximum atomic E-state index is 12.7. The fourth-order valence-electron chi connectivity index (χ4n) is 2.62. The van der Waals surface area contributed by atoms with Crippen molar-refractivity contribution in [2.45, 2.75) is 38.2 Å². The van der Waals surface area contributed by atoms with Gasteiger partial charge in [-0.2, -0.15) is 5.10 Å². The highest BCUT2D eigenvalue weighted by molar-refractivity contribution is 9.10. The van der Waals surface area contributed by atoms with Crippen molar-refractivity contribution in [3.63, 3.8) is 0 Å². The van der Waals surface area contributed by atoms with Crippen molar-refractivity contribution in [2.75, 3.05) is 20.3 Å². The van der Waals surface area contributed by atoms with Crippen LogP contribution in [0.5, 0.6) is 0 Å². The summed E-state index contributed by atoms with van der Waals surface area (Å²) < 4.78 is 13.6. The van der Waals surface area contributed by atoms with Crippen molar-refractivity contribution >= 4 is 21.7 Å². The molecular formula is C14H21BrN2O3. The van der Waals surface area contributed by atoms with Gasteiger partial charge in [-0.05, 0) is 22.4 Å². The third kappa shape index (κ3) is 2.82. The van der Waals surface area contributed by atoms with Crippen molar-refractivity contribution in [3.05, 3.63) is 15.9 Å². The summed E-state index contributed by atoms with van der Waals surface area (Å²) in [5, 5.41) is 4.43. The van der Waals surface area contributed by atoms with Gasteiger partial charge in [-0.3, -0.25) is 9.48 Å². The van der Waals surface area contributed by atoms with Crippen LogP contribution in [0.1, 0.15) is 31.2 Å². The number of methoxy groups -OCH3 is 1. The first-order chi connectivity index (χ1) is 9.54. The SMILES string of the molecule is CCc1nn(C)c(CC(=O)C2(OC)CCOCC2)c1Br. The van der Waals surface area contributed by atoms with Crippen molar-refractivity contribution in [2.24, 2.45) is 7.05 Å². The zero-order valence-electron chi connectivity index (χ0n) is 12.2. The Morgan fingerprint density at radius 1 is 1.50 bits per heavy atom. The van der Waals surface area contributed by atoms with Gasteiger partial charge in [-0.15, -0.1) is 0 Å². The van der Waals surface area contributed by atoms with Crippen molar-refractivity contribution in [1.29, 1.82) is 0 Å². The molecule has 1 fully saturated rings. The smallest absolute Gasteiger partial charge is 0.170 e. The van der Waals surface area contributed by atoms with E-state index >= 15 is 0 Å². The molecule has 1 aliphatic heterocycles. The molecule has 0 saturated carbocycles. The van der Waals surface area contributed by atoms with Crippen LogP contribution in [-0.2, 0) is 34.2 Å². The van der Waals surface area contributed by atoms with Crippen LogP contribution >= 0.6 is 15.9 Å². The van der Waals surface area contributed by atoms with Crippen molar-refractivity contribution in [1.82, 2.24) is 9.78 Å². The fraction of sp³-hybridized carbons (Fsp3) is 0.714. The number of ketones is 1. The Labute approximate surface area is 127 Å². The molecule has 5 nitrogen and oxygen atoms in total. The normalized spacial score (nSPS) is 18.2. The Kier molecular flexibility index (Phi) is 4.99. The lowest BCUT2D eigenvalue weighted by atomic mass is 9.87. The van der Waals surface area contributed by atoms with E-state index in [1.165, 1.54) is 0 Å². The number of aromatic nitrogens is 2. The molecule has 20 heavy (non-hydrogen) atoms. The highest BCUT2D eigenvalue weighted by atomic mass is 79.9. The Bertz CT molecular complexity index is 493. The number of Topliss-reactive ketones (excluding diaryl/α,β-unsaturated/α-hetero) is 1. The van der Waals surface area contributed by atoms with Crippen LogP contribution in [0, 0.1) is 0 Å². The molecule has 0 spiro atoms. The lowest BCUT2D eigenvalue weighted by Crippen LogP contribution is -2.46. The summed E-state index contributed by atoms with van der Waals surface area (Å²) in [4.78, 5) is 12.7. The molecule has 0 aliphatic carbocycles. The van der Waals surface area contributed by atoms with E-state index in [2.05, 4.69) is 21.0 Å². The van der Waals surface area contributed by atoms with Crippen LogP contribution in [0.3, 0.4) is 0 Å². The van der Waals surface area contributed by atoms with Crippen molar-refractivity contribution in [3.8, 4) is 0 Å². The van der Waals surface area contributed by atoms with Crippen LogP contribution in [0.15, 0.2) is 4.47 Å². The average molecular weight is 345 g/mol. The predicted octanol–water partition coefficient (Wildman–Crippen LogP) is 2.05. The van der Waals surface area contributed by atoms with Gasteiger partial charge in [0.25, 0.3) is 0 Å². The second kappa shape index (κ2) is 6.37. The number of carbonyl (C=O) groups is 1. The van der Waals surface area contributed by atoms with Gasteiger partial charge in [0.2, 0.25) is 0 Å². The molecule has 2 rings (SSSR count). The van der Waals surface area contributed by atoms with Gasteiger partial charge in [-0.1, -0.05) is 6.92 Å². The third-order valence-corrected chi connectivity index (χ3v) is 4.95. The Morgan fingerprint density at radius 2 is 2.15 bits per heavy atom. The summed E-state index contributed by atoms with van der Waals surface area (Å²) in [6, 6.07) is 0. The van der Waals surface area contributed by atoms with E-state index in [1.54, 1.807) is 11.8 Å². The van der Waals surface area contributed by atoms with Crippen LogP contribution in [0.4, 0.5) is 0 Å². The number of nitrogens with zero attached hydrogens (tertiary/aromatic N) is 2. The molecule has 1 aromatic heterocycles. The summed E-state index contributed by atoms with van der Waals surface area (Å²) in [5.41, 5.74) is 1.19. The number of rotatable bonds is 5. The van der Waals surface area contributed by atoms with E-state index in [0.29, 0.717) is 32.5 Å². The largest absolute Gasteiger partial charge is 0.381 e. The highest BCUT2D eigenvalue weighted by Gasteiger charge is 2.40. The number of aryl methyl sites for hydroxylation is 2. The summed E-state index contributed by atoms with van der Waals surface area (Å²) >= 11 is 3.55. The molecular weight excluding hydrogens is 324 g/mol. The van der Waals surface area contributed by atoms with Gasteiger partial charge >= 0.3 is 0 Å². The lowest BCUT2D eigenvalue weighted by Gasteiger charge is -2.34. The van der Waals surface area contributed by atoms with E-state index in [9.17, 15) is 4.79 Å². The highest BCUT2D eigenvalue weighted by Crippen LogP contribution is 2.29. The van der Waals surface area contributed by atoms with Gasteiger partial charge in [0.05, 0.1) is 22.3 Å². The summed E-state index contributed by atoms with van der Waals surface area (Å²) in [6.45, 7) is 3.20. The van der Waals surface area contributed by atoms with Crippen LogP contribution in [0.2, 0.25) is 0 Å². The molecule has 0 unspecified atom stereocenters. The predicted molar refractivity (Wildman–Crippen MR) is 78.8 cm³/mol. The second-order valence-electron chi connectivity index (χ2n) is 5.10. The van der Waals surface area contributed by atoms with Gasteiger partial charge in [-0.25, -0.2) is 0 Å². The molecule has 2 heterocycles. The monoisotopic (exact) mass is 344 g/mol. The standard InChI is InChI=1S/C14H21BrN2O3/c1-4-10-13(15)11(17(2)16-10)9-12(18)14(19-3)5-7-20-8-6-14/h4-9H2,1-3H3. The number of ether oxygens (including phenoxy) is 2. The van der Waals surface area contributed by atoms with E-state index in [-0.39, 0.29) is 5.78 Å². The fourth-order valence-corrected chi connectivity index (χ4v) is 3.38. The second-order valence-corrected chi connectivity index (χ2v) is 5.89. The summed E-state index contributed by atoms with van der Waals surface area (Å²) in [5.74, 6) is 0.106. The Hall–Kier alpha value is -0.720. The summed E-state index contributed by atoms with van der Waals surface area (Å²) in [7, 11) is 3.48. The lowest BCUT2D eigenvalue weighted by molar-refractivity contribution is -0.152. The van der Waals surface area contributed by atoms with Gasteiger partial charge in [0.15, 0.2) is 5.78 Å². The third-order valence-electron chi connectivity index (χ3n) is 4.03. The molecule has 0 aromatic carbocycles. The zero-order valence-corrected chi connectivity index (χ0v) is 13.8. The number of halogens is 1. The van der Waals surface area contributed by atoms with E-state index in [0.717, 1.165) is 22.3 Å². The van der Waals surface area contributed by atoms with E-state index in [1.807, 2.05) is 14.0 Å². The van der Waals surface area contributed by atoms with E-state index < -0.39 is 5.60 Å². The first-order valence-corrected chi connectivity index (χ1v) is 7.70. The molecule has 1 aliphatic rings. The minimum absolute atomic E-state index is 0.106. The van der Waals surface area contributed by atoms with Crippen molar-refractivity contribution < 1.29 is 14.3 Å². The van der Waals surface area contributed by atoms with Crippen LogP contribution in [0.25, 0.3) is 0 Å². The molecule has 0 N–H and O–H groups in total. The number of hydrogen-bond donors (Lipinski definition) is 0. The quantitative estimate of drug-likeness (QED) is 0.820. The minimum atomic E-state index is -0.700. The maximum absolute atomic E-state index is 12.7. The van der Waals surface area contributed by atoms with Crippen LogP contribution < -0.4 is 0 Å². The molecule has 6 heteroatoms. The van der Waals surface area contributed by atoms with Gasteiger partial charge in [0.1, 0.15) is 5.60 Å². The first-order valence-electron chi connectivity index (χ1n) is 6.90. The van der Waals surface area contributed by atoms with E-state index in [4.69, 9.17) is 9.47 Å². The summed E-state index contributed by atoms with van der Waals surface area (Å²) in [6.07, 6.45) is 2.42. The van der Waals surface area contributed by atoms with Gasteiger partial charge < -0.3 is 9.47 Å². The molecule has 0 bridgehead atoms. The van der Waals surface area contributed by atoms with Crippen LogP contribution in [-0.4, -0.2) is 41.5 Å². The Morgan fingerprint density at radius 3 is 2.65 bits per heavy atom. The average Bonchev–Trinajstić information content (AvgIpc) is 2.75. The molecule has 1 saturated heterocycles. The van der Waals surface area contributed by atoms with Gasteiger partial charge in [0, 0.05) is 40.2 Å².